The summed E-state index contributed by atoms with van der Waals surface area (Å²) in [6.45, 7) is 6.84. The van der Waals surface area contributed by atoms with Gasteiger partial charge in [0.15, 0.2) is 0 Å². The molecule has 0 saturated carbocycles. The monoisotopic (exact) mass is 377 g/mol. The Kier molecular flexibility index (Phi) is 6.45. The maximum Gasteiger partial charge on any atom is 0.253 e. The van der Waals surface area contributed by atoms with E-state index < -0.39 is 0 Å². The van der Waals surface area contributed by atoms with Crippen LogP contribution < -0.4 is 5.32 Å². The van der Waals surface area contributed by atoms with Crippen molar-refractivity contribution in [2.75, 3.05) is 26.9 Å². The van der Waals surface area contributed by atoms with Crippen molar-refractivity contribution in [2.45, 2.75) is 45.8 Å². The number of carbonyl (C=O) groups is 1. The van der Waals surface area contributed by atoms with Gasteiger partial charge >= 0.3 is 0 Å². The lowest BCUT2D eigenvalue weighted by molar-refractivity contribution is 0.0857. The number of thiazole rings is 1. The Balaban J connectivity index is 1.81. The molecule has 1 saturated heterocycles. The fourth-order valence-electron chi connectivity index (χ4n) is 3.33. The van der Waals surface area contributed by atoms with E-state index in [0.29, 0.717) is 18.7 Å². The largest absolute Gasteiger partial charge is 0.385 e. The van der Waals surface area contributed by atoms with Crippen molar-refractivity contribution in [3.63, 3.8) is 0 Å². The first-order valence-electron chi connectivity index (χ1n) is 9.11. The van der Waals surface area contributed by atoms with Crippen LogP contribution in [0.2, 0.25) is 0 Å². The number of hydrogen-bond donors (Lipinski definition) is 1. The van der Waals surface area contributed by atoms with Crippen molar-refractivity contribution in [3.8, 4) is 11.4 Å². The van der Waals surface area contributed by atoms with Crippen molar-refractivity contribution < 1.29 is 14.3 Å². The summed E-state index contributed by atoms with van der Waals surface area (Å²) in [7, 11) is 1.71. The van der Waals surface area contributed by atoms with Crippen LogP contribution >= 0.6 is 11.3 Å². The lowest BCUT2D eigenvalue weighted by Gasteiger charge is -2.12. The Bertz CT molecular complexity index is 747. The first-order chi connectivity index (χ1) is 12.6. The number of ether oxygens (including phenoxy) is 2. The molecule has 1 aliphatic rings. The molecule has 0 bridgehead atoms. The highest BCUT2D eigenvalue weighted by Gasteiger charge is 2.21. The van der Waals surface area contributed by atoms with Gasteiger partial charge in [0.05, 0.1) is 28.1 Å². The predicted molar refractivity (Wildman–Crippen MR) is 103 cm³/mol. The van der Waals surface area contributed by atoms with E-state index in [1.165, 1.54) is 0 Å². The summed E-state index contributed by atoms with van der Waals surface area (Å²) in [6, 6.07) is 1.96. The molecule has 1 unspecified atom stereocenters. The maximum atomic E-state index is 12.7. The first kappa shape index (κ1) is 19.1. The van der Waals surface area contributed by atoms with Crippen molar-refractivity contribution in [1.82, 2.24) is 14.9 Å². The summed E-state index contributed by atoms with van der Waals surface area (Å²) >= 11 is 1.62. The Morgan fingerprint density at radius 2 is 2.35 bits per heavy atom. The second-order valence-corrected chi connectivity index (χ2v) is 7.69. The van der Waals surface area contributed by atoms with Crippen LogP contribution in [0.1, 0.15) is 40.3 Å². The van der Waals surface area contributed by atoms with Crippen LogP contribution in [0.5, 0.6) is 0 Å². The highest BCUT2D eigenvalue weighted by atomic mass is 32.1. The van der Waals surface area contributed by atoms with Gasteiger partial charge < -0.3 is 19.4 Å². The van der Waals surface area contributed by atoms with Gasteiger partial charge in [-0.05, 0) is 39.2 Å². The average Bonchev–Trinajstić information content (AvgIpc) is 3.35. The summed E-state index contributed by atoms with van der Waals surface area (Å²) in [4.78, 5) is 17.3. The molecular formula is C19H27N3O3S. The lowest BCUT2D eigenvalue weighted by atomic mass is 10.2. The molecule has 1 fully saturated rings. The Hall–Kier alpha value is -1.70. The number of amides is 1. The van der Waals surface area contributed by atoms with Crippen LogP contribution in [0.25, 0.3) is 11.4 Å². The van der Waals surface area contributed by atoms with E-state index in [4.69, 9.17) is 9.47 Å². The summed E-state index contributed by atoms with van der Waals surface area (Å²) in [5, 5.41) is 6.09. The second-order valence-electron chi connectivity index (χ2n) is 6.62. The molecule has 1 aliphatic heterocycles. The van der Waals surface area contributed by atoms with Crippen LogP contribution in [0, 0.1) is 13.8 Å². The van der Waals surface area contributed by atoms with Crippen LogP contribution in [0.3, 0.4) is 0 Å². The molecule has 2 aromatic rings. The maximum absolute atomic E-state index is 12.7. The number of nitrogens with one attached hydrogen (secondary N) is 1. The van der Waals surface area contributed by atoms with Crippen LogP contribution in [0.15, 0.2) is 11.4 Å². The van der Waals surface area contributed by atoms with Gasteiger partial charge in [-0.25, -0.2) is 4.98 Å². The number of nitrogens with zero attached hydrogens (tertiary/aromatic N) is 2. The smallest absolute Gasteiger partial charge is 0.253 e. The zero-order chi connectivity index (χ0) is 18.5. The number of methoxy groups -OCH3 is 1. The molecule has 2 aromatic heterocycles. The molecule has 0 spiro atoms. The molecule has 3 heterocycles. The third-order valence-electron chi connectivity index (χ3n) is 4.74. The number of hydrogen-bond acceptors (Lipinski definition) is 5. The molecule has 7 heteroatoms. The van der Waals surface area contributed by atoms with Crippen LogP contribution in [-0.4, -0.2) is 48.4 Å². The quantitative estimate of drug-likeness (QED) is 0.718. The van der Waals surface area contributed by atoms with Gasteiger partial charge in [0.1, 0.15) is 0 Å². The molecule has 0 radical (unpaired) electrons. The fraction of sp³-hybridized carbons (Fsp3) is 0.579. The van der Waals surface area contributed by atoms with E-state index in [9.17, 15) is 4.79 Å². The molecule has 1 atom stereocenters. The van der Waals surface area contributed by atoms with Gasteiger partial charge in [-0.15, -0.1) is 11.3 Å². The van der Waals surface area contributed by atoms with Crippen molar-refractivity contribution >= 4 is 17.2 Å². The van der Waals surface area contributed by atoms with E-state index in [0.717, 1.165) is 54.5 Å². The fourth-order valence-corrected chi connectivity index (χ4v) is 3.94. The van der Waals surface area contributed by atoms with E-state index in [1.54, 1.807) is 18.4 Å². The summed E-state index contributed by atoms with van der Waals surface area (Å²) in [6.07, 6.45) is 3.12. The van der Waals surface area contributed by atoms with Gasteiger partial charge in [0.2, 0.25) is 0 Å². The van der Waals surface area contributed by atoms with Crippen molar-refractivity contribution in [2.24, 2.45) is 0 Å². The van der Waals surface area contributed by atoms with Gasteiger partial charge in [-0.2, -0.15) is 0 Å². The Morgan fingerprint density at radius 3 is 3.00 bits per heavy atom. The zero-order valence-electron chi connectivity index (χ0n) is 15.7. The molecule has 26 heavy (non-hydrogen) atoms. The average molecular weight is 378 g/mol. The molecule has 0 aliphatic carbocycles. The summed E-state index contributed by atoms with van der Waals surface area (Å²) < 4.78 is 13.0. The second kappa shape index (κ2) is 8.79. The highest BCUT2D eigenvalue weighted by molar-refractivity contribution is 7.09. The van der Waals surface area contributed by atoms with Crippen LogP contribution in [-0.2, 0) is 16.0 Å². The van der Waals surface area contributed by atoms with Crippen LogP contribution in [0.4, 0.5) is 0 Å². The van der Waals surface area contributed by atoms with Gasteiger partial charge in [-0.3, -0.25) is 4.79 Å². The standard InChI is InChI=1S/C19H27N3O3S/c1-13-16(19(23)20-11-15-6-4-9-25-15)10-18(17-12-26-14(2)21-17)22(13)7-5-8-24-3/h10,12,15H,4-9,11H2,1-3H3,(H,20,23). The van der Waals surface area contributed by atoms with Gasteiger partial charge in [0.25, 0.3) is 5.91 Å². The molecular weight excluding hydrogens is 350 g/mol. The first-order valence-corrected chi connectivity index (χ1v) is 9.99. The van der Waals surface area contributed by atoms with Crippen molar-refractivity contribution in [3.05, 3.63) is 27.7 Å². The molecule has 6 nitrogen and oxygen atoms in total. The number of carbonyl (C=O) groups excluding carboxylic acids is 1. The Morgan fingerprint density at radius 1 is 1.50 bits per heavy atom. The SMILES string of the molecule is COCCCn1c(-c2csc(C)n2)cc(C(=O)NCC2CCCO2)c1C. The molecule has 1 amide bonds. The van der Waals surface area contributed by atoms with E-state index in [1.807, 2.05) is 25.3 Å². The van der Waals surface area contributed by atoms with E-state index in [-0.39, 0.29) is 12.0 Å². The van der Waals surface area contributed by atoms with Gasteiger partial charge in [0, 0.05) is 44.5 Å². The minimum absolute atomic E-state index is 0.0447. The molecule has 3 rings (SSSR count). The third-order valence-corrected chi connectivity index (χ3v) is 5.51. The van der Waals surface area contributed by atoms with Crippen molar-refractivity contribution in [1.29, 1.82) is 0 Å². The zero-order valence-corrected chi connectivity index (χ0v) is 16.5. The molecule has 142 valence electrons. The van der Waals surface area contributed by atoms with E-state index >= 15 is 0 Å². The normalized spacial score (nSPS) is 17.0. The predicted octanol–water partition coefficient (Wildman–Crippen LogP) is 3.17. The Labute approximate surface area is 158 Å². The molecule has 0 aromatic carbocycles. The lowest BCUT2D eigenvalue weighted by Crippen LogP contribution is -2.32. The van der Waals surface area contributed by atoms with Gasteiger partial charge in [-0.1, -0.05) is 0 Å². The number of aryl methyl sites for hydroxylation is 1. The molecule has 1 N–H and O–H groups in total. The third kappa shape index (κ3) is 4.34. The summed E-state index contributed by atoms with van der Waals surface area (Å²) in [5.74, 6) is -0.0447. The van der Waals surface area contributed by atoms with E-state index in [2.05, 4.69) is 14.9 Å². The summed E-state index contributed by atoms with van der Waals surface area (Å²) in [5.41, 5.74) is 3.59. The minimum atomic E-state index is -0.0447. The minimum Gasteiger partial charge on any atom is -0.385 e. The highest BCUT2D eigenvalue weighted by Crippen LogP contribution is 2.27. The number of aromatic nitrogens is 2. The topological polar surface area (TPSA) is 65.4 Å². The number of rotatable bonds is 8.